The summed E-state index contributed by atoms with van der Waals surface area (Å²) < 4.78 is 6.11. The Hall–Kier alpha value is -2.40. The number of carbonyl (C=O) groups excluding carboxylic acids is 1. The third-order valence-electron chi connectivity index (χ3n) is 3.10. The molecular weight excluding hydrogens is 344 g/mol. The van der Waals surface area contributed by atoms with Gasteiger partial charge in [-0.3, -0.25) is 5.32 Å². The maximum absolute atomic E-state index is 11.8. The molecule has 0 spiro atoms. The number of pyridine rings is 1. The molecule has 0 aliphatic rings. The molecule has 22 heavy (non-hydrogen) atoms. The van der Waals surface area contributed by atoms with Crippen LogP contribution in [0.1, 0.15) is 5.56 Å². The normalized spacial score (nSPS) is 10.4. The van der Waals surface area contributed by atoms with Crippen LogP contribution in [-0.4, -0.2) is 11.1 Å². The summed E-state index contributed by atoms with van der Waals surface area (Å²) in [5.74, 6) is 0.462. The summed E-state index contributed by atoms with van der Waals surface area (Å²) in [6.07, 6.45) is -0.523. The maximum Gasteiger partial charge on any atom is 0.413 e. The van der Waals surface area contributed by atoms with E-state index in [0.717, 1.165) is 20.9 Å². The summed E-state index contributed by atoms with van der Waals surface area (Å²) in [6.45, 7) is 0.228. The van der Waals surface area contributed by atoms with Crippen molar-refractivity contribution in [3.05, 3.63) is 70.7 Å². The number of benzene rings is 2. The van der Waals surface area contributed by atoms with E-state index in [1.165, 1.54) is 0 Å². The molecule has 1 amide bonds. The van der Waals surface area contributed by atoms with Gasteiger partial charge >= 0.3 is 6.09 Å². The number of anilines is 1. The lowest BCUT2D eigenvalue weighted by atomic mass is 10.2. The van der Waals surface area contributed by atoms with Gasteiger partial charge < -0.3 is 4.74 Å². The Morgan fingerprint density at radius 2 is 1.86 bits per heavy atom. The summed E-state index contributed by atoms with van der Waals surface area (Å²) in [4.78, 5) is 16.2. The molecule has 3 aromatic rings. The van der Waals surface area contributed by atoms with Gasteiger partial charge in [0.05, 0.1) is 5.52 Å². The summed E-state index contributed by atoms with van der Waals surface area (Å²) >= 11 is 3.41. The van der Waals surface area contributed by atoms with Crippen molar-refractivity contribution in [3.63, 3.8) is 0 Å². The van der Waals surface area contributed by atoms with Gasteiger partial charge in [-0.2, -0.15) is 0 Å². The highest BCUT2D eigenvalue weighted by Crippen LogP contribution is 2.20. The molecule has 1 N–H and O–H groups in total. The molecule has 0 aliphatic carbocycles. The highest BCUT2D eigenvalue weighted by Gasteiger charge is 2.06. The Balaban J connectivity index is 1.66. The molecular formula is C17H13BrN2O2. The Labute approximate surface area is 136 Å². The molecule has 110 valence electrons. The van der Waals surface area contributed by atoms with Crippen molar-refractivity contribution in [2.24, 2.45) is 0 Å². The molecule has 1 aromatic heterocycles. The van der Waals surface area contributed by atoms with Crippen molar-refractivity contribution >= 4 is 38.7 Å². The third-order valence-corrected chi connectivity index (χ3v) is 3.59. The predicted octanol–water partition coefficient (Wildman–Crippen LogP) is 4.75. The molecule has 0 aliphatic heterocycles. The van der Waals surface area contributed by atoms with Gasteiger partial charge in [-0.15, -0.1) is 0 Å². The molecule has 3 rings (SSSR count). The zero-order chi connectivity index (χ0) is 15.4. The quantitative estimate of drug-likeness (QED) is 0.736. The van der Waals surface area contributed by atoms with Gasteiger partial charge in [0.1, 0.15) is 12.4 Å². The minimum atomic E-state index is -0.523. The van der Waals surface area contributed by atoms with Gasteiger partial charge in [-0.25, -0.2) is 9.78 Å². The summed E-state index contributed by atoms with van der Waals surface area (Å²) in [6, 6.07) is 19.0. The molecule has 5 heteroatoms. The first-order chi connectivity index (χ1) is 10.7. The highest BCUT2D eigenvalue weighted by molar-refractivity contribution is 9.10. The number of carbonyl (C=O) groups is 1. The van der Waals surface area contributed by atoms with E-state index in [9.17, 15) is 4.79 Å². The first-order valence-corrected chi connectivity index (χ1v) is 7.54. The number of nitrogens with one attached hydrogen (secondary N) is 1. The Bertz CT molecular complexity index is 806. The van der Waals surface area contributed by atoms with Crippen molar-refractivity contribution in [2.45, 2.75) is 6.61 Å². The molecule has 4 nitrogen and oxygen atoms in total. The Morgan fingerprint density at radius 1 is 1.09 bits per heavy atom. The first kappa shape index (κ1) is 14.5. The van der Waals surface area contributed by atoms with E-state index in [-0.39, 0.29) is 6.61 Å². The smallest absolute Gasteiger partial charge is 0.413 e. The van der Waals surface area contributed by atoms with Crippen molar-refractivity contribution < 1.29 is 9.53 Å². The minimum Gasteiger partial charge on any atom is -0.444 e. The fourth-order valence-electron chi connectivity index (χ4n) is 2.02. The van der Waals surface area contributed by atoms with E-state index < -0.39 is 6.09 Å². The van der Waals surface area contributed by atoms with Crippen molar-refractivity contribution in [1.82, 2.24) is 4.98 Å². The van der Waals surface area contributed by atoms with Crippen LogP contribution in [-0.2, 0) is 11.3 Å². The van der Waals surface area contributed by atoms with Gasteiger partial charge in [-0.1, -0.05) is 52.3 Å². The average Bonchev–Trinajstić information content (AvgIpc) is 2.53. The minimum absolute atomic E-state index is 0.228. The molecule has 0 fully saturated rings. The maximum atomic E-state index is 11.8. The van der Waals surface area contributed by atoms with Crippen LogP contribution in [0.5, 0.6) is 0 Å². The number of rotatable bonds is 3. The number of ether oxygens (including phenoxy) is 1. The zero-order valence-corrected chi connectivity index (χ0v) is 13.2. The van der Waals surface area contributed by atoms with Crippen LogP contribution >= 0.6 is 15.9 Å². The second-order valence-electron chi connectivity index (χ2n) is 4.72. The Kier molecular flexibility index (Phi) is 4.34. The number of aromatic nitrogens is 1. The molecule has 2 aromatic carbocycles. The second-order valence-corrected chi connectivity index (χ2v) is 5.64. The number of amides is 1. The highest BCUT2D eigenvalue weighted by atomic mass is 79.9. The van der Waals surface area contributed by atoms with Crippen LogP contribution in [0.4, 0.5) is 10.6 Å². The summed E-state index contributed by atoms with van der Waals surface area (Å²) in [7, 11) is 0. The topological polar surface area (TPSA) is 51.2 Å². The van der Waals surface area contributed by atoms with E-state index in [4.69, 9.17) is 4.74 Å². The Morgan fingerprint density at radius 3 is 2.68 bits per heavy atom. The first-order valence-electron chi connectivity index (χ1n) is 6.75. The molecule has 0 atom stereocenters. The standard InChI is InChI=1S/C17H13BrN2O2/c18-14-8-6-13-7-9-16(19-15(13)10-14)20-17(21)22-11-12-4-2-1-3-5-12/h1-10H,11H2,(H,19,20,21). The van der Waals surface area contributed by atoms with Crippen molar-refractivity contribution in [2.75, 3.05) is 5.32 Å². The van der Waals surface area contributed by atoms with Crippen LogP contribution in [0, 0.1) is 0 Å². The van der Waals surface area contributed by atoms with E-state index in [1.54, 1.807) is 6.07 Å². The second kappa shape index (κ2) is 6.58. The lowest BCUT2D eigenvalue weighted by Crippen LogP contribution is -2.14. The average molecular weight is 357 g/mol. The van der Waals surface area contributed by atoms with Crippen LogP contribution in [0.3, 0.4) is 0 Å². The number of hydrogen-bond acceptors (Lipinski definition) is 3. The van der Waals surface area contributed by atoms with Gasteiger partial charge in [-0.05, 0) is 29.8 Å². The predicted molar refractivity (Wildman–Crippen MR) is 89.7 cm³/mol. The monoisotopic (exact) mass is 356 g/mol. The number of nitrogens with zero attached hydrogens (tertiary/aromatic N) is 1. The lowest BCUT2D eigenvalue weighted by molar-refractivity contribution is 0.155. The van der Waals surface area contributed by atoms with Crippen molar-refractivity contribution in [3.8, 4) is 0 Å². The van der Waals surface area contributed by atoms with Crippen LogP contribution < -0.4 is 5.32 Å². The molecule has 0 saturated heterocycles. The SMILES string of the molecule is O=C(Nc1ccc2ccc(Br)cc2n1)OCc1ccccc1. The van der Waals surface area contributed by atoms with Crippen LogP contribution in [0.15, 0.2) is 65.1 Å². The van der Waals surface area contributed by atoms with Gasteiger partial charge in [0, 0.05) is 9.86 Å². The van der Waals surface area contributed by atoms with E-state index in [1.807, 2.05) is 54.6 Å². The molecule has 1 heterocycles. The molecule has 0 saturated carbocycles. The largest absolute Gasteiger partial charge is 0.444 e. The molecule has 0 bridgehead atoms. The fraction of sp³-hybridized carbons (Fsp3) is 0.0588. The van der Waals surface area contributed by atoms with E-state index in [2.05, 4.69) is 26.2 Å². The fourth-order valence-corrected chi connectivity index (χ4v) is 2.37. The number of fused-ring (bicyclic) bond motifs is 1. The van der Waals surface area contributed by atoms with Crippen LogP contribution in [0.2, 0.25) is 0 Å². The lowest BCUT2D eigenvalue weighted by Gasteiger charge is -2.07. The molecule has 0 unspecified atom stereocenters. The zero-order valence-electron chi connectivity index (χ0n) is 11.6. The van der Waals surface area contributed by atoms with Gasteiger partial charge in [0.2, 0.25) is 0 Å². The third kappa shape index (κ3) is 3.62. The van der Waals surface area contributed by atoms with E-state index >= 15 is 0 Å². The summed E-state index contributed by atoms with van der Waals surface area (Å²) in [5.41, 5.74) is 1.74. The van der Waals surface area contributed by atoms with Gasteiger partial charge in [0.25, 0.3) is 0 Å². The molecule has 0 radical (unpaired) electrons. The van der Waals surface area contributed by atoms with Crippen molar-refractivity contribution in [1.29, 1.82) is 0 Å². The number of halogens is 1. The van der Waals surface area contributed by atoms with Crippen LogP contribution in [0.25, 0.3) is 10.9 Å². The van der Waals surface area contributed by atoms with E-state index in [0.29, 0.717) is 5.82 Å². The van der Waals surface area contributed by atoms with Gasteiger partial charge in [0.15, 0.2) is 0 Å². The summed E-state index contributed by atoms with van der Waals surface area (Å²) in [5, 5.41) is 3.64. The number of hydrogen-bond donors (Lipinski definition) is 1.